The van der Waals surface area contributed by atoms with Gasteiger partial charge in [-0.2, -0.15) is 5.10 Å². The normalized spacial score (nSPS) is 11.0. The van der Waals surface area contributed by atoms with Gasteiger partial charge in [-0.15, -0.1) is 0 Å². The van der Waals surface area contributed by atoms with Crippen LogP contribution in [-0.2, 0) is 17.8 Å². The molecule has 0 atom stereocenters. The highest BCUT2D eigenvalue weighted by Gasteiger charge is 2.06. The van der Waals surface area contributed by atoms with Crippen LogP contribution in [0.1, 0.15) is 24.1 Å². The van der Waals surface area contributed by atoms with Crippen LogP contribution in [0.2, 0.25) is 0 Å². The van der Waals surface area contributed by atoms with Gasteiger partial charge in [-0.25, -0.2) is 0 Å². The minimum absolute atomic E-state index is 0.104. The van der Waals surface area contributed by atoms with E-state index in [1.165, 1.54) is 10.9 Å². The predicted molar refractivity (Wildman–Crippen MR) is 91.2 cm³/mol. The Morgan fingerprint density at radius 3 is 3.00 bits per heavy atom. The van der Waals surface area contributed by atoms with Gasteiger partial charge in [0, 0.05) is 42.8 Å². The minimum atomic E-state index is 0.104. The summed E-state index contributed by atoms with van der Waals surface area (Å²) in [6, 6.07) is 10.2. The van der Waals surface area contributed by atoms with Crippen LogP contribution in [0, 0.1) is 6.92 Å². The summed E-state index contributed by atoms with van der Waals surface area (Å²) in [5, 5.41) is 8.51. The molecule has 5 heteroatoms. The van der Waals surface area contributed by atoms with E-state index in [4.69, 9.17) is 0 Å². The molecule has 23 heavy (non-hydrogen) atoms. The zero-order valence-electron chi connectivity index (χ0n) is 13.4. The maximum atomic E-state index is 11.9. The molecule has 0 aliphatic carbocycles. The maximum Gasteiger partial charge on any atom is 0.220 e. The number of nitrogens with one attached hydrogen (secondary N) is 2. The lowest BCUT2D eigenvalue weighted by Crippen LogP contribution is -2.25. The third-order valence-electron chi connectivity index (χ3n) is 3.96. The van der Waals surface area contributed by atoms with E-state index >= 15 is 0 Å². The van der Waals surface area contributed by atoms with Crippen LogP contribution < -0.4 is 5.32 Å². The molecular formula is C18H22N4O. The first-order chi connectivity index (χ1) is 11.2. The monoisotopic (exact) mass is 310 g/mol. The topological polar surface area (TPSA) is 62.7 Å². The fourth-order valence-electron chi connectivity index (χ4n) is 2.73. The number of carbonyl (C=O) groups excluding carboxylic acids is 1. The molecule has 5 nitrogen and oxygen atoms in total. The Balaban J connectivity index is 1.39. The molecule has 2 N–H and O–H groups in total. The number of amides is 1. The van der Waals surface area contributed by atoms with E-state index in [9.17, 15) is 4.79 Å². The quantitative estimate of drug-likeness (QED) is 0.659. The number of nitrogens with zero attached hydrogens (tertiary/aromatic N) is 2. The van der Waals surface area contributed by atoms with Gasteiger partial charge in [-0.3, -0.25) is 9.48 Å². The van der Waals surface area contributed by atoms with E-state index in [1.807, 2.05) is 42.2 Å². The summed E-state index contributed by atoms with van der Waals surface area (Å²) in [5.41, 5.74) is 3.34. The van der Waals surface area contributed by atoms with Crippen molar-refractivity contribution in [3.8, 4) is 0 Å². The van der Waals surface area contributed by atoms with Crippen LogP contribution >= 0.6 is 0 Å². The van der Waals surface area contributed by atoms with Gasteiger partial charge in [0.15, 0.2) is 0 Å². The average Bonchev–Trinajstić information content (AvgIpc) is 3.16. The first-order valence-electron chi connectivity index (χ1n) is 8.04. The molecule has 0 aliphatic rings. The molecule has 0 spiro atoms. The Hall–Kier alpha value is -2.56. The van der Waals surface area contributed by atoms with Gasteiger partial charge in [0.2, 0.25) is 5.91 Å². The summed E-state index contributed by atoms with van der Waals surface area (Å²) in [6.45, 7) is 3.49. The number of hydrogen-bond acceptors (Lipinski definition) is 2. The van der Waals surface area contributed by atoms with Gasteiger partial charge in [-0.05, 0) is 37.5 Å². The Bertz CT molecular complexity index is 787. The third-order valence-corrected chi connectivity index (χ3v) is 3.96. The molecule has 0 bridgehead atoms. The highest BCUT2D eigenvalue weighted by Crippen LogP contribution is 2.18. The van der Waals surface area contributed by atoms with Crippen molar-refractivity contribution in [2.75, 3.05) is 6.54 Å². The van der Waals surface area contributed by atoms with Crippen molar-refractivity contribution in [3.05, 3.63) is 54.0 Å². The minimum Gasteiger partial charge on any atom is -0.361 e. The second kappa shape index (κ2) is 7.13. The molecule has 0 radical (unpaired) electrons. The summed E-state index contributed by atoms with van der Waals surface area (Å²) in [6.07, 6.45) is 6.13. The molecule has 0 aliphatic heterocycles. The van der Waals surface area contributed by atoms with Crippen molar-refractivity contribution < 1.29 is 4.79 Å². The van der Waals surface area contributed by atoms with Crippen molar-refractivity contribution >= 4 is 16.8 Å². The Labute approximate surface area is 135 Å². The lowest BCUT2D eigenvalue weighted by molar-refractivity contribution is -0.121. The average molecular weight is 310 g/mol. The molecule has 2 aromatic heterocycles. The van der Waals surface area contributed by atoms with Crippen LogP contribution in [-0.4, -0.2) is 27.2 Å². The summed E-state index contributed by atoms with van der Waals surface area (Å²) in [4.78, 5) is 15.2. The van der Waals surface area contributed by atoms with E-state index in [1.54, 1.807) is 0 Å². The number of rotatable bonds is 7. The molecule has 3 rings (SSSR count). The van der Waals surface area contributed by atoms with Crippen molar-refractivity contribution in [1.82, 2.24) is 20.1 Å². The number of fused-ring (bicyclic) bond motifs is 1. The lowest BCUT2D eigenvalue weighted by Gasteiger charge is -2.05. The van der Waals surface area contributed by atoms with E-state index in [0.717, 1.165) is 30.6 Å². The van der Waals surface area contributed by atoms with Gasteiger partial charge in [-0.1, -0.05) is 18.2 Å². The second-order valence-corrected chi connectivity index (χ2v) is 5.78. The van der Waals surface area contributed by atoms with Gasteiger partial charge in [0.1, 0.15) is 0 Å². The van der Waals surface area contributed by atoms with Crippen LogP contribution in [0.3, 0.4) is 0 Å². The Morgan fingerprint density at radius 2 is 2.17 bits per heavy atom. The number of para-hydroxylation sites is 1. The van der Waals surface area contributed by atoms with Crippen LogP contribution in [0.5, 0.6) is 0 Å². The number of aryl methyl sites for hydroxylation is 3. The molecule has 0 unspecified atom stereocenters. The van der Waals surface area contributed by atoms with E-state index < -0.39 is 0 Å². The number of carbonyl (C=O) groups is 1. The molecule has 1 aromatic carbocycles. The number of aromatic amines is 1. The summed E-state index contributed by atoms with van der Waals surface area (Å²) in [5.74, 6) is 0.104. The molecular weight excluding hydrogens is 288 g/mol. The van der Waals surface area contributed by atoms with Crippen molar-refractivity contribution in [1.29, 1.82) is 0 Å². The fourth-order valence-corrected chi connectivity index (χ4v) is 2.73. The van der Waals surface area contributed by atoms with Crippen LogP contribution in [0.15, 0.2) is 42.7 Å². The first-order valence-corrected chi connectivity index (χ1v) is 8.04. The van der Waals surface area contributed by atoms with Crippen molar-refractivity contribution in [2.24, 2.45) is 0 Å². The molecule has 0 fully saturated rings. The fraction of sp³-hybridized carbons (Fsp3) is 0.333. The molecule has 0 saturated carbocycles. The van der Waals surface area contributed by atoms with E-state index in [0.29, 0.717) is 13.0 Å². The zero-order valence-corrected chi connectivity index (χ0v) is 13.4. The van der Waals surface area contributed by atoms with E-state index in [-0.39, 0.29) is 5.91 Å². The maximum absolute atomic E-state index is 11.9. The predicted octanol–water partition coefficient (Wildman–Crippen LogP) is 2.81. The number of H-pyrrole nitrogens is 1. The van der Waals surface area contributed by atoms with Gasteiger partial charge >= 0.3 is 0 Å². The molecule has 0 saturated heterocycles. The summed E-state index contributed by atoms with van der Waals surface area (Å²) >= 11 is 0. The largest absolute Gasteiger partial charge is 0.361 e. The van der Waals surface area contributed by atoms with Crippen molar-refractivity contribution in [3.63, 3.8) is 0 Å². The van der Waals surface area contributed by atoms with Gasteiger partial charge in [0.25, 0.3) is 0 Å². The van der Waals surface area contributed by atoms with Crippen LogP contribution in [0.4, 0.5) is 0 Å². The number of aromatic nitrogens is 3. The van der Waals surface area contributed by atoms with Crippen LogP contribution in [0.25, 0.3) is 10.9 Å². The highest BCUT2D eigenvalue weighted by molar-refractivity contribution is 5.84. The Morgan fingerprint density at radius 1 is 1.30 bits per heavy atom. The number of benzene rings is 1. The van der Waals surface area contributed by atoms with Gasteiger partial charge < -0.3 is 10.3 Å². The van der Waals surface area contributed by atoms with Crippen molar-refractivity contribution in [2.45, 2.75) is 32.7 Å². The van der Waals surface area contributed by atoms with Gasteiger partial charge in [0.05, 0.1) is 5.69 Å². The number of hydrogen-bond donors (Lipinski definition) is 2. The molecule has 120 valence electrons. The molecule has 2 heterocycles. The molecule has 1 amide bonds. The Kier molecular flexibility index (Phi) is 4.76. The first kappa shape index (κ1) is 15.3. The zero-order chi connectivity index (χ0) is 16.1. The second-order valence-electron chi connectivity index (χ2n) is 5.78. The SMILES string of the molecule is Cc1ccn(CCCNC(=O)CCc2c[nH]c3ccccc23)n1. The lowest BCUT2D eigenvalue weighted by atomic mass is 10.1. The molecule has 3 aromatic rings. The van der Waals surface area contributed by atoms with E-state index in [2.05, 4.69) is 27.5 Å². The highest BCUT2D eigenvalue weighted by atomic mass is 16.1. The standard InChI is InChI=1S/C18H22N4O/c1-14-9-12-22(21-14)11-4-10-19-18(23)8-7-15-13-20-17-6-3-2-5-16(15)17/h2-3,5-6,9,12-13,20H,4,7-8,10-11H2,1H3,(H,19,23). The summed E-state index contributed by atoms with van der Waals surface area (Å²) < 4.78 is 1.91. The summed E-state index contributed by atoms with van der Waals surface area (Å²) in [7, 11) is 0. The third kappa shape index (κ3) is 4.00. The smallest absolute Gasteiger partial charge is 0.220 e.